The van der Waals surface area contributed by atoms with E-state index < -0.39 is 11.7 Å². The van der Waals surface area contributed by atoms with E-state index in [-0.39, 0.29) is 24.8 Å². The maximum absolute atomic E-state index is 12.6. The Kier molecular flexibility index (Phi) is 8.01. The first-order chi connectivity index (χ1) is 14.5. The number of benzene rings is 2. The van der Waals surface area contributed by atoms with Crippen molar-refractivity contribution in [2.24, 2.45) is 0 Å². The van der Waals surface area contributed by atoms with Crippen LogP contribution in [0.15, 0.2) is 48.5 Å². The summed E-state index contributed by atoms with van der Waals surface area (Å²) in [4.78, 5) is 38.5. The highest BCUT2D eigenvalue weighted by molar-refractivity contribution is 6.07. The van der Waals surface area contributed by atoms with Gasteiger partial charge in [-0.05, 0) is 57.2 Å². The van der Waals surface area contributed by atoms with Crippen LogP contribution in [-0.4, -0.2) is 44.1 Å². The van der Waals surface area contributed by atoms with Gasteiger partial charge in [0.15, 0.2) is 0 Å². The molecule has 0 spiro atoms. The fourth-order valence-corrected chi connectivity index (χ4v) is 2.61. The molecule has 166 valence electrons. The van der Waals surface area contributed by atoms with E-state index in [0.717, 1.165) is 5.69 Å². The number of nitrogens with one attached hydrogen (secondary N) is 3. The van der Waals surface area contributed by atoms with Gasteiger partial charge in [0.25, 0.3) is 5.91 Å². The van der Waals surface area contributed by atoms with Crippen LogP contribution >= 0.6 is 0 Å². The number of amides is 3. The second-order valence-corrected chi connectivity index (χ2v) is 8.17. The first-order valence-corrected chi connectivity index (χ1v) is 9.99. The van der Waals surface area contributed by atoms with E-state index >= 15 is 0 Å². The molecule has 0 aliphatic heterocycles. The van der Waals surface area contributed by atoms with Crippen LogP contribution in [0.4, 0.5) is 21.9 Å². The smallest absolute Gasteiger partial charge is 0.407 e. The minimum atomic E-state index is -0.601. The highest BCUT2D eigenvalue weighted by atomic mass is 16.6. The van der Waals surface area contributed by atoms with Gasteiger partial charge in [0.2, 0.25) is 5.91 Å². The number of ether oxygens (including phenoxy) is 1. The topological polar surface area (TPSA) is 99.8 Å². The molecule has 0 bridgehead atoms. The van der Waals surface area contributed by atoms with Crippen LogP contribution in [0.3, 0.4) is 0 Å². The van der Waals surface area contributed by atoms with Crippen molar-refractivity contribution in [1.29, 1.82) is 0 Å². The van der Waals surface area contributed by atoms with E-state index in [2.05, 4.69) is 16.0 Å². The van der Waals surface area contributed by atoms with Crippen molar-refractivity contribution in [2.75, 3.05) is 36.2 Å². The van der Waals surface area contributed by atoms with Gasteiger partial charge in [-0.25, -0.2) is 4.79 Å². The molecule has 2 aromatic carbocycles. The summed E-state index contributed by atoms with van der Waals surface area (Å²) in [5, 5.41) is 8.13. The summed E-state index contributed by atoms with van der Waals surface area (Å²) in [6.07, 6.45) is -0.513. The number of carbonyl (C=O) groups excluding carboxylic acids is 3. The standard InChI is InChI=1S/C23H30N4O4/c1-23(2,3)31-22(30)24-15-14-20(28)25-18-8-6-7-9-19(18)26-21(29)16-10-12-17(13-11-16)27(4)5/h6-13H,14-15H2,1-5H3,(H,24,30)(H,25,28)(H,26,29). The van der Waals surface area contributed by atoms with Gasteiger partial charge in [-0.1, -0.05) is 12.1 Å². The molecule has 8 heteroatoms. The number of anilines is 3. The lowest BCUT2D eigenvalue weighted by Gasteiger charge is -2.19. The van der Waals surface area contributed by atoms with E-state index in [0.29, 0.717) is 16.9 Å². The monoisotopic (exact) mass is 426 g/mol. The molecule has 8 nitrogen and oxygen atoms in total. The van der Waals surface area contributed by atoms with E-state index in [1.54, 1.807) is 57.2 Å². The molecule has 31 heavy (non-hydrogen) atoms. The minimum Gasteiger partial charge on any atom is -0.444 e. The van der Waals surface area contributed by atoms with Gasteiger partial charge >= 0.3 is 6.09 Å². The van der Waals surface area contributed by atoms with Gasteiger partial charge in [0, 0.05) is 38.3 Å². The molecule has 0 saturated heterocycles. The zero-order valence-electron chi connectivity index (χ0n) is 18.6. The number of rotatable bonds is 7. The molecule has 0 aliphatic carbocycles. The summed E-state index contributed by atoms with van der Waals surface area (Å²) >= 11 is 0. The lowest BCUT2D eigenvalue weighted by Crippen LogP contribution is -2.34. The average molecular weight is 427 g/mol. The zero-order valence-corrected chi connectivity index (χ0v) is 18.6. The van der Waals surface area contributed by atoms with Crippen molar-refractivity contribution >= 4 is 35.0 Å². The number of hydrogen-bond acceptors (Lipinski definition) is 5. The van der Waals surface area contributed by atoms with Crippen LogP contribution in [0.25, 0.3) is 0 Å². The SMILES string of the molecule is CN(C)c1ccc(C(=O)Nc2ccccc2NC(=O)CCNC(=O)OC(C)(C)C)cc1. The fraction of sp³-hybridized carbons (Fsp3) is 0.348. The van der Waals surface area contributed by atoms with Crippen molar-refractivity contribution < 1.29 is 19.1 Å². The Morgan fingerprint density at radius 2 is 1.48 bits per heavy atom. The van der Waals surface area contributed by atoms with Crippen molar-refractivity contribution in [3.05, 3.63) is 54.1 Å². The third-order valence-corrected chi connectivity index (χ3v) is 4.12. The molecule has 0 unspecified atom stereocenters. The minimum absolute atomic E-state index is 0.0630. The first kappa shape index (κ1) is 23.7. The second kappa shape index (κ2) is 10.5. The first-order valence-electron chi connectivity index (χ1n) is 9.99. The Labute approximate surface area is 183 Å². The predicted molar refractivity (Wildman–Crippen MR) is 123 cm³/mol. The molecule has 2 aromatic rings. The van der Waals surface area contributed by atoms with Gasteiger partial charge in [-0.15, -0.1) is 0 Å². The quantitative estimate of drug-likeness (QED) is 0.624. The highest BCUT2D eigenvalue weighted by Crippen LogP contribution is 2.22. The molecule has 0 radical (unpaired) electrons. The summed E-state index contributed by atoms with van der Waals surface area (Å²) in [6, 6.07) is 14.1. The molecule has 0 saturated carbocycles. The third kappa shape index (κ3) is 8.00. The number of alkyl carbamates (subject to hydrolysis) is 1. The number of nitrogens with zero attached hydrogens (tertiary/aromatic N) is 1. The average Bonchev–Trinajstić information content (AvgIpc) is 2.68. The molecule has 0 heterocycles. The van der Waals surface area contributed by atoms with E-state index in [1.165, 1.54) is 0 Å². The Morgan fingerprint density at radius 1 is 0.903 bits per heavy atom. The Balaban J connectivity index is 1.93. The number of carbonyl (C=O) groups is 3. The van der Waals surface area contributed by atoms with Crippen LogP contribution in [0, 0.1) is 0 Å². The molecular weight excluding hydrogens is 396 g/mol. The van der Waals surface area contributed by atoms with Crippen molar-refractivity contribution in [1.82, 2.24) is 5.32 Å². The molecule has 0 aliphatic rings. The van der Waals surface area contributed by atoms with Crippen molar-refractivity contribution in [2.45, 2.75) is 32.8 Å². The maximum atomic E-state index is 12.6. The number of hydrogen-bond donors (Lipinski definition) is 3. The van der Waals surface area contributed by atoms with E-state index in [9.17, 15) is 14.4 Å². The molecule has 0 fully saturated rings. The molecule has 3 amide bonds. The zero-order chi connectivity index (χ0) is 23.0. The lowest BCUT2D eigenvalue weighted by atomic mass is 10.1. The molecule has 3 N–H and O–H groups in total. The molecule has 0 aromatic heterocycles. The summed E-state index contributed by atoms with van der Waals surface area (Å²) in [6.45, 7) is 5.43. The lowest BCUT2D eigenvalue weighted by molar-refractivity contribution is -0.116. The third-order valence-electron chi connectivity index (χ3n) is 4.12. The van der Waals surface area contributed by atoms with Gasteiger partial charge in [-0.2, -0.15) is 0 Å². The molecule has 2 rings (SSSR count). The van der Waals surface area contributed by atoms with Crippen molar-refractivity contribution in [3.63, 3.8) is 0 Å². The van der Waals surface area contributed by atoms with Gasteiger partial charge in [-0.3, -0.25) is 9.59 Å². The summed E-state index contributed by atoms with van der Waals surface area (Å²) in [7, 11) is 3.86. The van der Waals surface area contributed by atoms with Crippen LogP contribution in [0.5, 0.6) is 0 Å². The predicted octanol–water partition coefficient (Wildman–Crippen LogP) is 3.86. The van der Waals surface area contributed by atoms with Crippen LogP contribution < -0.4 is 20.9 Å². The molecule has 0 atom stereocenters. The van der Waals surface area contributed by atoms with Crippen LogP contribution in [0.2, 0.25) is 0 Å². The van der Waals surface area contributed by atoms with Gasteiger partial charge in [0.05, 0.1) is 11.4 Å². The number of para-hydroxylation sites is 2. The normalized spacial score (nSPS) is 10.7. The Morgan fingerprint density at radius 3 is 2.03 bits per heavy atom. The fourth-order valence-electron chi connectivity index (χ4n) is 2.61. The van der Waals surface area contributed by atoms with Gasteiger partial charge in [0.1, 0.15) is 5.60 Å². The molecular formula is C23H30N4O4. The summed E-state index contributed by atoms with van der Waals surface area (Å²) in [5.41, 5.74) is 1.86. The summed E-state index contributed by atoms with van der Waals surface area (Å²) in [5.74, 6) is -0.577. The summed E-state index contributed by atoms with van der Waals surface area (Å²) < 4.78 is 5.13. The van der Waals surface area contributed by atoms with Crippen LogP contribution in [-0.2, 0) is 9.53 Å². The van der Waals surface area contributed by atoms with E-state index in [4.69, 9.17) is 4.74 Å². The van der Waals surface area contributed by atoms with E-state index in [1.807, 2.05) is 31.1 Å². The van der Waals surface area contributed by atoms with Crippen LogP contribution in [0.1, 0.15) is 37.6 Å². The second-order valence-electron chi connectivity index (χ2n) is 8.17. The largest absolute Gasteiger partial charge is 0.444 e. The highest BCUT2D eigenvalue weighted by Gasteiger charge is 2.16. The Hall–Kier alpha value is -3.55. The van der Waals surface area contributed by atoms with Crippen molar-refractivity contribution in [3.8, 4) is 0 Å². The Bertz CT molecular complexity index is 918. The van der Waals surface area contributed by atoms with Gasteiger partial charge < -0.3 is 25.6 Å². The maximum Gasteiger partial charge on any atom is 0.407 e.